The summed E-state index contributed by atoms with van der Waals surface area (Å²) in [5, 5.41) is 7.35. The Bertz CT molecular complexity index is 874. The molecule has 0 spiro atoms. The zero-order valence-corrected chi connectivity index (χ0v) is 16.4. The second-order valence-corrected chi connectivity index (χ2v) is 9.72. The average Bonchev–Trinajstić information content (AvgIpc) is 2.97. The molecular weight excluding hydrogens is 377 g/mol. The molecule has 0 unspecified atom stereocenters. The number of aromatic amines is 1. The highest BCUT2D eigenvalue weighted by Crippen LogP contribution is 2.39. The molecule has 0 aliphatic heterocycles. The van der Waals surface area contributed by atoms with Crippen molar-refractivity contribution in [1.82, 2.24) is 14.9 Å². The number of hydrogen-bond acceptors (Lipinski definition) is 3. The third kappa shape index (κ3) is 4.10. The van der Waals surface area contributed by atoms with Crippen molar-refractivity contribution in [2.75, 3.05) is 0 Å². The molecule has 0 saturated heterocycles. The van der Waals surface area contributed by atoms with Gasteiger partial charge >= 0.3 is 0 Å². The highest BCUT2D eigenvalue weighted by Gasteiger charge is 2.29. The molecule has 0 atom stereocenters. The summed E-state index contributed by atoms with van der Waals surface area (Å²) in [6.45, 7) is 3.35. The quantitative estimate of drug-likeness (QED) is 0.790. The standard InChI is InChI=1S/C18H23ClFN3O2S/c1-11(2)26(24,25)23-15-8-6-12(7-9-15)17-16(19)18(22-21-17)13-4-3-5-14(20)10-13/h3-5,10-12,15,23H,6-9H2,1-2H3,(H,21,22)/t12-,15-. The van der Waals surface area contributed by atoms with E-state index < -0.39 is 15.3 Å². The average molecular weight is 400 g/mol. The van der Waals surface area contributed by atoms with Crippen LogP contribution in [0.2, 0.25) is 5.02 Å². The molecule has 26 heavy (non-hydrogen) atoms. The number of aromatic nitrogens is 2. The van der Waals surface area contributed by atoms with E-state index in [2.05, 4.69) is 14.9 Å². The van der Waals surface area contributed by atoms with E-state index >= 15 is 0 Å². The van der Waals surface area contributed by atoms with Crippen LogP contribution in [0.15, 0.2) is 24.3 Å². The molecule has 1 aliphatic rings. The highest BCUT2D eigenvalue weighted by molar-refractivity contribution is 7.90. The number of hydrogen-bond donors (Lipinski definition) is 2. The zero-order chi connectivity index (χ0) is 18.9. The molecule has 0 radical (unpaired) electrons. The second-order valence-electron chi connectivity index (χ2n) is 7.07. The first kappa shape index (κ1) is 19.3. The second kappa shape index (κ2) is 7.66. The lowest BCUT2D eigenvalue weighted by Crippen LogP contribution is -2.40. The Balaban J connectivity index is 1.69. The number of sulfonamides is 1. The van der Waals surface area contributed by atoms with Gasteiger partial charge in [-0.3, -0.25) is 5.10 Å². The fourth-order valence-electron chi connectivity index (χ4n) is 3.31. The van der Waals surface area contributed by atoms with E-state index in [-0.39, 0.29) is 17.8 Å². The molecular formula is C18H23ClFN3O2S. The Hall–Kier alpha value is -1.44. The van der Waals surface area contributed by atoms with E-state index in [1.807, 2.05) is 0 Å². The maximum absolute atomic E-state index is 13.4. The summed E-state index contributed by atoms with van der Waals surface area (Å²) in [4.78, 5) is 0. The lowest BCUT2D eigenvalue weighted by Gasteiger charge is -2.29. The minimum atomic E-state index is -3.26. The van der Waals surface area contributed by atoms with Gasteiger partial charge < -0.3 is 0 Å². The molecule has 1 heterocycles. The summed E-state index contributed by atoms with van der Waals surface area (Å²) >= 11 is 6.50. The van der Waals surface area contributed by atoms with E-state index in [4.69, 9.17) is 11.6 Å². The largest absolute Gasteiger partial charge is 0.280 e. The number of benzene rings is 1. The molecule has 0 bridgehead atoms. The van der Waals surface area contributed by atoms with Crippen LogP contribution in [0.3, 0.4) is 0 Å². The van der Waals surface area contributed by atoms with Crippen LogP contribution in [-0.4, -0.2) is 29.9 Å². The number of rotatable bonds is 5. The Morgan fingerprint density at radius 2 is 1.96 bits per heavy atom. The molecule has 142 valence electrons. The van der Waals surface area contributed by atoms with Crippen LogP contribution < -0.4 is 4.72 Å². The van der Waals surface area contributed by atoms with Gasteiger partial charge in [0.2, 0.25) is 10.0 Å². The van der Waals surface area contributed by atoms with Crippen LogP contribution in [0.25, 0.3) is 11.3 Å². The van der Waals surface area contributed by atoms with E-state index in [0.717, 1.165) is 31.4 Å². The fraction of sp³-hybridized carbons (Fsp3) is 0.500. The van der Waals surface area contributed by atoms with Gasteiger partial charge in [-0.05, 0) is 51.7 Å². The third-order valence-electron chi connectivity index (χ3n) is 4.92. The van der Waals surface area contributed by atoms with Crippen LogP contribution in [0, 0.1) is 5.82 Å². The molecule has 1 aliphatic carbocycles. The normalized spacial score (nSPS) is 21.3. The molecule has 2 aromatic rings. The molecule has 1 fully saturated rings. The SMILES string of the molecule is CC(C)S(=O)(=O)N[C@H]1CC[C@H](c2[nH]nc(-c3cccc(F)c3)c2Cl)CC1. The Morgan fingerprint density at radius 3 is 2.58 bits per heavy atom. The first-order chi connectivity index (χ1) is 12.3. The van der Waals surface area contributed by atoms with Gasteiger partial charge in [0.15, 0.2) is 0 Å². The molecule has 3 rings (SSSR count). The van der Waals surface area contributed by atoms with Gasteiger partial charge in [-0.1, -0.05) is 23.7 Å². The lowest BCUT2D eigenvalue weighted by molar-refractivity contribution is 0.369. The Kier molecular flexibility index (Phi) is 5.69. The van der Waals surface area contributed by atoms with Crippen molar-refractivity contribution in [3.63, 3.8) is 0 Å². The van der Waals surface area contributed by atoms with E-state index in [1.165, 1.54) is 12.1 Å². The third-order valence-corrected chi connectivity index (χ3v) is 7.20. The van der Waals surface area contributed by atoms with Crippen LogP contribution in [0.5, 0.6) is 0 Å². The van der Waals surface area contributed by atoms with Crippen molar-refractivity contribution in [3.8, 4) is 11.3 Å². The van der Waals surface area contributed by atoms with Gasteiger partial charge in [-0.15, -0.1) is 0 Å². The Labute approximate surface area is 158 Å². The van der Waals surface area contributed by atoms with E-state index in [0.29, 0.717) is 16.3 Å². The summed E-state index contributed by atoms with van der Waals surface area (Å²) in [5.74, 6) is -0.141. The summed E-state index contributed by atoms with van der Waals surface area (Å²) in [6, 6.07) is 6.14. The van der Waals surface area contributed by atoms with Gasteiger partial charge in [-0.25, -0.2) is 17.5 Å². The smallest absolute Gasteiger partial charge is 0.214 e. The molecule has 1 saturated carbocycles. The van der Waals surface area contributed by atoms with Crippen molar-refractivity contribution in [1.29, 1.82) is 0 Å². The fourth-order valence-corrected chi connectivity index (χ4v) is 4.63. The van der Waals surface area contributed by atoms with Crippen LogP contribution in [0.4, 0.5) is 4.39 Å². The van der Waals surface area contributed by atoms with Crippen molar-refractivity contribution in [2.24, 2.45) is 0 Å². The van der Waals surface area contributed by atoms with Crippen molar-refractivity contribution in [2.45, 2.75) is 56.7 Å². The van der Waals surface area contributed by atoms with Gasteiger partial charge in [0.25, 0.3) is 0 Å². The topological polar surface area (TPSA) is 74.8 Å². The number of H-pyrrole nitrogens is 1. The summed E-state index contributed by atoms with van der Waals surface area (Å²) in [7, 11) is -3.26. The van der Waals surface area contributed by atoms with Crippen LogP contribution in [-0.2, 0) is 10.0 Å². The summed E-state index contributed by atoms with van der Waals surface area (Å²) in [5.41, 5.74) is 2.02. The van der Waals surface area contributed by atoms with Gasteiger partial charge in [-0.2, -0.15) is 5.10 Å². The minimum absolute atomic E-state index is 0.0389. The van der Waals surface area contributed by atoms with Crippen LogP contribution in [0.1, 0.15) is 51.1 Å². The van der Waals surface area contributed by atoms with Gasteiger partial charge in [0.05, 0.1) is 16.0 Å². The predicted octanol–water partition coefficient (Wildman–Crippen LogP) is 4.22. The van der Waals surface area contributed by atoms with Crippen LogP contribution >= 0.6 is 11.6 Å². The molecule has 1 aromatic heterocycles. The lowest BCUT2D eigenvalue weighted by atomic mass is 9.84. The number of nitrogens with one attached hydrogen (secondary N) is 2. The zero-order valence-electron chi connectivity index (χ0n) is 14.8. The minimum Gasteiger partial charge on any atom is -0.280 e. The number of halogens is 2. The van der Waals surface area contributed by atoms with Crippen molar-refractivity contribution < 1.29 is 12.8 Å². The molecule has 5 nitrogen and oxygen atoms in total. The molecule has 0 amide bonds. The molecule has 8 heteroatoms. The summed E-state index contributed by atoms with van der Waals surface area (Å²) in [6.07, 6.45) is 3.13. The summed E-state index contributed by atoms with van der Waals surface area (Å²) < 4.78 is 40.3. The number of nitrogens with zero attached hydrogens (tertiary/aromatic N) is 1. The van der Waals surface area contributed by atoms with Crippen molar-refractivity contribution >= 4 is 21.6 Å². The van der Waals surface area contributed by atoms with Crippen molar-refractivity contribution in [3.05, 3.63) is 40.8 Å². The van der Waals surface area contributed by atoms with Gasteiger partial charge in [0, 0.05) is 17.5 Å². The molecule has 2 N–H and O–H groups in total. The highest BCUT2D eigenvalue weighted by atomic mass is 35.5. The van der Waals surface area contributed by atoms with E-state index in [9.17, 15) is 12.8 Å². The Morgan fingerprint density at radius 1 is 1.27 bits per heavy atom. The predicted molar refractivity (Wildman–Crippen MR) is 101 cm³/mol. The molecule has 1 aromatic carbocycles. The maximum atomic E-state index is 13.4. The van der Waals surface area contributed by atoms with E-state index in [1.54, 1.807) is 26.0 Å². The monoisotopic (exact) mass is 399 g/mol. The first-order valence-electron chi connectivity index (χ1n) is 8.78. The van der Waals surface area contributed by atoms with Gasteiger partial charge in [0.1, 0.15) is 11.5 Å². The first-order valence-corrected chi connectivity index (χ1v) is 10.7. The maximum Gasteiger partial charge on any atom is 0.214 e.